The predicted octanol–water partition coefficient (Wildman–Crippen LogP) is 4.28. The summed E-state index contributed by atoms with van der Waals surface area (Å²) in [7, 11) is 0. The molecule has 2 rings (SSSR count). The number of rotatable bonds is 3. The van der Waals surface area contributed by atoms with E-state index in [-0.39, 0.29) is 5.91 Å². The molecule has 0 atom stereocenters. The molecule has 0 aliphatic rings. The zero-order valence-corrected chi connectivity index (χ0v) is 11.8. The summed E-state index contributed by atoms with van der Waals surface area (Å²) in [5.74, 6) is -0.0822. The molecule has 0 unspecified atom stereocenters. The van der Waals surface area contributed by atoms with Crippen LogP contribution in [0, 0.1) is 0 Å². The number of carbonyl (C=O) groups excluding carboxylic acids is 1. The van der Waals surface area contributed by atoms with Crippen LogP contribution in [-0.4, -0.2) is 5.91 Å². The molecule has 2 nitrogen and oxygen atoms in total. The van der Waals surface area contributed by atoms with Gasteiger partial charge in [-0.3, -0.25) is 4.79 Å². The van der Waals surface area contributed by atoms with E-state index in [2.05, 4.69) is 21.2 Å². The second-order valence-electron chi connectivity index (χ2n) is 3.83. The molecule has 0 spiro atoms. The van der Waals surface area contributed by atoms with Crippen molar-refractivity contribution in [3.05, 3.63) is 63.6 Å². The standard InChI is InChI=1S/C14H11BrClNO/c15-11-6-7-12(16)13(9-11)17-14(18)8-10-4-2-1-3-5-10/h1-7,9H,8H2,(H,17,18). The van der Waals surface area contributed by atoms with Gasteiger partial charge in [0.25, 0.3) is 0 Å². The summed E-state index contributed by atoms with van der Waals surface area (Å²) >= 11 is 9.35. The lowest BCUT2D eigenvalue weighted by Crippen LogP contribution is -2.14. The minimum Gasteiger partial charge on any atom is -0.324 e. The molecule has 0 saturated heterocycles. The highest BCUT2D eigenvalue weighted by Gasteiger charge is 2.07. The fourth-order valence-corrected chi connectivity index (χ4v) is 2.09. The van der Waals surface area contributed by atoms with Gasteiger partial charge in [0.05, 0.1) is 17.1 Å². The fraction of sp³-hybridized carbons (Fsp3) is 0.0714. The van der Waals surface area contributed by atoms with Crippen molar-refractivity contribution in [3.63, 3.8) is 0 Å². The molecule has 92 valence electrons. The minimum atomic E-state index is -0.0822. The Balaban J connectivity index is 2.05. The summed E-state index contributed by atoms with van der Waals surface area (Å²) in [5.41, 5.74) is 1.59. The third-order valence-electron chi connectivity index (χ3n) is 2.41. The zero-order valence-electron chi connectivity index (χ0n) is 9.49. The van der Waals surface area contributed by atoms with E-state index < -0.39 is 0 Å². The fourth-order valence-electron chi connectivity index (χ4n) is 1.57. The highest BCUT2D eigenvalue weighted by Crippen LogP contribution is 2.25. The second kappa shape index (κ2) is 6.03. The Morgan fingerprint density at radius 3 is 2.61 bits per heavy atom. The van der Waals surface area contributed by atoms with Crippen molar-refractivity contribution in [1.82, 2.24) is 0 Å². The van der Waals surface area contributed by atoms with Gasteiger partial charge in [-0.2, -0.15) is 0 Å². The largest absolute Gasteiger partial charge is 0.324 e. The number of nitrogens with one attached hydrogen (secondary N) is 1. The molecule has 2 aromatic carbocycles. The number of benzene rings is 2. The molecule has 1 N–H and O–H groups in total. The summed E-state index contributed by atoms with van der Waals surface area (Å²) in [6.45, 7) is 0. The smallest absolute Gasteiger partial charge is 0.228 e. The number of anilines is 1. The topological polar surface area (TPSA) is 29.1 Å². The van der Waals surface area contributed by atoms with Crippen LogP contribution in [0.25, 0.3) is 0 Å². The maximum absolute atomic E-state index is 11.9. The van der Waals surface area contributed by atoms with Crippen LogP contribution in [0.5, 0.6) is 0 Å². The first-order valence-electron chi connectivity index (χ1n) is 5.44. The lowest BCUT2D eigenvalue weighted by atomic mass is 10.1. The molecule has 0 fully saturated rings. The number of hydrogen-bond acceptors (Lipinski definition) is 1. The average molecular weight is 325 g/mol. The highest BCUT2D eigenvalue weighted by molar-refractivity contribution is 9.10. The van der Waals surface area contributed by atoms with Crippen LogP contribution in [0.3, 0.4) is 0 Å². The Bertz CT molecular complexity index is 557. The van der Waals surface area contributed by atoms with E-state index in [0.29, 0.717) is 17.1 Å². The van der Waals surface area contributed by atoms with Crippen molar-refractivity contribution in [3.8, 4) is 0 Å². The van der Waals surface area contributed by atoms with Crippen LogP contribution in [0.4, 0.5) is 5.69 Å². The van der Waals surface area contributed by atoms with Crippen LogP contribution in [-0.2, 0) is 11.2 Å². The number of halogens is 2. The first-order valence-corrected chi connectivity index (χ1v) is 6.61. The van der Waals surface area contributed by atoms with Crippen molar-refractivity contribution >= 4 is 39.1 Å². The molecule has 1 amide bonds. The van der Waals surface area contributed by atoms with Crippen LogP contribution in [0.1, 0.15) is 5.56 Å². The Morgan fingerprint density at radius 1 is 1.17 bits per heavy atom. The molecule has 2 aromatic rings. The SMILES string of the molecule is O=C(Cc1ccccc1)Nc1cc(Br)ccc1Cl. The first kappa shape index (κ1) is 13.1. The predicted molar refractivity (Wildman–Crippen MR) is 77.9 cm³/mol. The van der Waals surface area contributed by atoms with Gasteiger partial charge in [-0.05, 0) is 23.8 Å². The molecule has 0 saturated carbocycles. The highest BCUT2D eigenvalue weighted by atomic mass is 79.9. The van der Waals surface area contributed by atoms with Crippen molar-refractivity contribution in [2.45, 2.75) is 6.42 Å². The maximum atomic E-state index is 11.9. The molecule has 0 aromatic heterocycles. The Labute approximate surface area is 119 Å². The summed E-state index contributed by atoms with van der Waals surface area (Å²) in [6, 6.07) is 14.9. The van der Waals surface area contributed by atoms with Gasteiger partial charge in [-0.15, -0.1) is 0 Å². The monoisotopic (exact) mass is 323 g/mol. The van der Waals surface area contributed by atoms with E-state index in [9.17, 15) is 4.79 Å². The quantitative estimate of drug-likeness (QED) is 0.897. The van der Waals surface area contributed by atoms with E-state index in [4.69, 9.17) is 11.6 Å². The molecule has 0 aliphatic carbocycles. The lowest BCUT2D eigenvalue weighted by molar-refractivity contribution is -0.115. The molecule has 4 heteroatoms. The maximum Gasteiger partial charge on any atom is 0.228 e. The third-order valence-corrected chi connectivity index (χ3v) is 3.23. The van der Waals surface area contributed by atoms with E-state index in [0.717, 1.165) is 10.0 Å². The zero-order chi connectivity index (χ0) is 13.0. The molecule has 0 heterocycles. The molecule has 0 radical (unpaired) electrons. The van der Waals surface area contributed by atoms with Gasteiger partial charge in [0, 0.05) is 4.47 Å². The first-order chi connectivity index (χ1) is 8.65. The van der Waals surface area contributed by atoms with Gasteiger partial charge in [0.15, 0.2) is 0 Å². The van der Waals surface area contributed by atoms with Gasteiger partial charge in [-0.25, -0.2) is 0 Å². The summed E-state index contributed by atoms with van der Waals surface area (Å²) in [6.07, 6.45) is 0.337. The van der Waals surface area contributed by atoms with Crippen molar-refractivity contribution < 1.29 is 4.79 Å². The molecular formula is C14H11BrClNO. The van der Waals surface area contributed by atoms with Gasteiger partial charge in [-0.1, -0.05) is 57.9 Å². The summed E-state index contributed by atoms with van der Waals surface area (Å²) in [4.78, 5) is 11.9. The van der Waals surface area contributed by atoms with E-state index in [1.165, 1.54) is 0 Å². The Hall–Kier alpha value is -1.32. The summed E-state index contributed by atoms with van der Waals surface area (Å²) in [5, 5.41) is 3.33. The summed E-state index contributed by atoms with van der Waals surface area (Å²) < 4.78 is 0.877. The second-order valence-corrected chi connectivity index (χ2v) is 5.16. The van der Waals surface area contributed by atoms with Gasteiger partial charge in [0.2, 0.25) is 5.91 Å². The molecule has 0 aliphatic heterocycles. The van der Waals surface area contributed by atoms with Gasteiger partial charge < -0.3 is 5.32 Å². The average Bonchev–Trinajstić information content (AvgIpc) is 2.35. The Kier molecular flexibility index (Phi) is 4.39. The van der Waals surface area contributed by atoms with Crippen LogP contribution in [0.2, 0.25) is 5.02 Å². The normalized spacial score (nSPS) is 10.1. The van der Waals surface area contributed by atoms with Crippen LogP contribution in [0.15, 0.2) is 53.0 Å². The van der Waals surface area contributed by atoms with E-state index in [1.54, 1.807) is 12.1 Å². The van der Waals surface area contributed by atoms with Crippen molar-refractivity contribution in [1.29, 1.82) is 0 Å². The molecule has 0 bridgehead atoms. The van der Waals surface area contributed by atoms with E-state index >= 15 is 0 Å². The third kappa shape index (κ3) is 3.59. The number of hydrogen-bond donors (Lipinski definition) is 1. The van der Waals surface area contributed by atoms with Gasteiger partial charge >= 0.3 is 0 Å². The lowest BCUT2D eigenvalue weighted by Gasteiger charge is -2.07. The van der Waals surface area contributed by atoms with Gasteiger partial charge in [0.1, 0.15) is 0 Å². The minimum absolute atomic E-state index is 0.0822. The van der Waals surface area contributed by atoms with E-state index in [1.807, 2.05) is 36.4 Å². The van der Waals surface area contributed by atoms with Crippen molar-refractivity contribution in [2.75, 3.05) is 5.32 Å². The molecule has 18 heavy (non-hydrogen) atoms. The number of amides is 1. The number of carbonyl (C=O) groups is 1. The van der Waals surface area contributed by atoms with Crippen molar-refractivity contribution in [2.24, 2.45) is 0 Å². The van der Waals surface area contributed by atoms with Crippen LogP contribution >= 0.6 is 27.5 Å². The molecular weight excluding hydrogens is 314 g/mol. The Morgan fingerprint density at radius 2 is 1.89 bits per heavy atom. The van der Waals surface area contributed by atoms with Crippen LogP contribution < -0.4 is 5.32 Å².